The Morgan fingerprint density at radius 2 is 2.08 bits per heavy atom. The quantitative estimate of drug-likeness (QED) is 0.366. The maximum atomic E-state index is 14.2. The molecule has 0 aliphatic heterocycles. The second-order valence-corrected chi connectivity index (χ2v) is 7.59. The highest BCUT2D eigenvalue weighted by Gasteiger charge is 2.24. The van der Waals surface area contributed by atoms with E-state index in [1.807, 2.05) is 22.6 Å². The monoisotopic (exact) mass is 471 g/mol. The Balaban J connectivity index is 1.88. The van der Waals surface area contributed by atoms with Crippen molar-refractivity contribution < 1.29 is 18.8 Å². The van der Waals surface area contributed by atoms with Gasteiger partial charge in [-0.05, 0) is 65.6 Å². The Hall–Kier alpha value is -1.94. The van der Waals surface area contributed by atoms with E-state index in [0.717, 1.165) is 16.4 Å². The van der Waals surface area contributed by atoms with Crippen LogP contribution < -0.4 is 10.8 Å². The second-order valence-electron chi connectivity index (χ2n) is 6.34. The molecule has 1 aliphatic carbocycles. The zero-order chi connectivity index (χ0) is 18.8. The van der Waals surface area contributed by atoms with Crippen molar-refractivity contribution in [2.24, 2.45) is 13.0 Å². The summed E-state index contributed by atoms with van der Waals surface area (Å²) in [7, 11) is 1.64. The summed E-state index contributed by atoms with van der Waals surface area (Å²) < 4.78 is 16.5. The second kappa shape index (κ2) is 7.75. The number of ketones is 1. The fraction of sp³-hybridized carbons (Fsp3) is 0.333. The van der Waals surface area contributed by atoms with Gasteiger partial charge in [0, 0.05) is 17.5 Å². The number of amides is 1. The van der Waals surface area contributed by atoms with Crippen LogP contribution in [0, 0.1) is 15.3 Å². The maximum Gasteiger partial charge on any atom is 0.278 e. The lowest BCUT2D eigenvalue weighted by Gasteiger charge is -2.12. The summed E-state index contributed by atoms with van der Waals surface area (Å²) in [5.41, 5.74) is 3.17. The fourth-order valence-electron chi connectivity index (χ4n) is 2.55. The van der Waals surface area contributed by atoms with E-state index in [1.54, 1.807) is 19.2 Å². The summed E-state index contributed by atoms with van der Waals surface area (Å²) in [6.07, 6.45) is 2.21. The van der Waals surface area contributed by atoms with E-state index < -0.39 is 11.7 Å². The molecule has 1 saturated carbocycles. The van der Waals surface area contributed by atoms with Gasteiger partial charge in [-0.1, -0.05) is 0 Å². The van der Waals surface area contributed by atoms with Crippen LogP contribution in [0.1, 0.15) is 40.6 Å². The normalized spacial score (nSPS) is 13.5. The molecule has 0 spiro atoms. The predicted octanol–water partition coefficient (Wildman–Crippen LogP) is 3.79. The van der Waals surface area contributed by atoms with Crippen LogP contribution in [0.15, 0.2) is 24.3 Å². The standard InChI is InChI=1S/C18H19FIN3O3/c1-10(24)16-8-13(18(25)22-26-9-11-3-4-11)17(23(16)2)21-15-6-5-12(20)7-14(15)19/h5-8,11,21H,3-4,9H2,1-2H3,(H,22,25). The van der Waals surface area contributed by atoms with E-state index >= 15 is 0 Å². The van der Waals surface area contributed by atoms with Crippen LogP contribution in [0.4, 0.5) is 15.9 Å². The summed E-state index contributed by atoms with van der Waals surface area (Å²) in [4.78, 5) is 29.6. The summed E-state index contributed by atoms with van der Waals surface area (Å²) in [6, 6.07) is 6.20. The molecule has 1 aromatic heterocycles. The minimum Gasteiger partial charge on any atom is -0.339 e. The first kappa shape index (κ1) is 18.8. The highest BCUT2D eigenvalue weighted by molar-refractivity contribution is 14.1. The minimum absolute atomic E-state index is 0.198. The van der Waals surface area contributed by atoms with Crippen LogP contribution in [0.3, 0.4) is 0 Å². The van der Waals surface area contributed by atoms with Crippen molar-refractivity contribution >= 4 is 45.8 Å². The smallest absolute Gasteiger partial charge is 0.278 e. The number of hydroxylamine groups is 1. The molecule has 1 aromatic carbocycles. The van der Waals surface area contributed by atoms with E-state index in [9.17, 15) is 14.0 Å². The molecule has 0 saturated heterocycles. The van der Waals surface area contributed by atoms with Crippen molar-refractivity contribution in [3.8, 4) is 0 Å². The molecule has 0 bridgehead atoms. The highest BCUT2D eigenvalue weighted by Crippen LogP contribution is 2.29. The van der Waals surface area contributed by atoms with Crippen LogP contribution in [-0.2, 0) is 11.9 Å². The number of Topliss-reactive ketones (excluding diaryl/α,β-unsaturated/α-hetero) is 1. The molecule has 1 fully saturated rings. The Morgan fingerprint density at radius 3 is 2.69 bits per heavy atom. The maximum absolute atomic E-state index is 14.2. The molecule has 6 nitrogen and oxygen atoms in total. The van der Waals surface area contributed by atoms with Gasteiger partial charge in [0.25, 0.3) is 5.91 Å². The average molecular weight is 471 g/mol. The van der Waals surface area contributed by atoms with Gasteiger partial charge >= 0.3 is 0 Å². The number of hydrogen-bond donors (Lipinski definition) is 2. The Bertz CT molecular complexity index is 862. The first-order valence-corrected chi connectivity index (χ1v) is 9.29. The number of nitrogens with one attached hydrogen (secondary N) is 2. The molecule has 1 amide bonds. The molecule has 0 atom stereocenters. The van der Waals surface area contributed by atoms with Crippen molar-refractivity contribution in [3.63, 3.8) is 0 Å². The Kier molecular flexibility index (Phi) is 5.61. The van der Waals surface area contributed by atoms with Gasteiger partial charge in [-0.15, -0.1) is 0 Å². The van der Waals surface area contributed by atoms with E-state index in [1.165, 1.54) is 23.6 Å². The van der Waals surface area contributed by atoms with Crippen LogP contribution in [0.25, 0.3) is 0 Å². The SMILES string of the molecule is CC(=O)c1cc(C(=O)NOCC2CC2)c(Nc2ccc(I)cc2F)n1C. The summed E-state index contributed by atoms with van der Waals surface area (Å²) in [5.74, 6) is -0.308. The number of benzene rings is 1. The molecule has 0 radical (unpaired) electrons. The number of nitrogens with zero attached hydrogens (tertiary/aromatic N) is 1. The van der Waals surface area contributed by atoms with Crippen molar-refractivity contribution in [1.29, 1.82) is 0 Å². The molecule has 1 heterocycles. The van der Waals surface area contributed by atoms with E-state index in [2.05, 4.69) is 10.8 Å². The van der Waals surface area contributed by atoms with Crippen LogP contribution in [0.2, 0.25) is 0 Å². The molecule has 0 unspecified atom stereocenters. The highest BCUT2D eigenvalue weighted by atomic mass is 127. The number of rotatable bonds is 7. The van der Waals surface area contributed by atoms with Gasteiger partial charge in [0.05, 0.1) is 23.6 Å². The fourth-order valence-corrected chi connectivity index (χ4v) is 3.00. The molecule has 1 aliphatic rings. The number of hydrogen-bond acceptors (Lipinski definition) is 4. The van der Waals surface area contributed by atoms with Gasteiger partial charge in [0.1, 0.15) is 11.6 Å². The predicted molar refractivity (Wildman–Crippen MR) is 104 cm³/mol. The third kappa shape index (κ3) is 4.24. The van der Waals surface area contributed by atoms with E-state index in [0.29, 0.717) is 24.0 Å². The number of aromatic nitrogens is 1. The van der Waals surface area contributed by atoms with Gasteiger partial charge in [-0.3, -0.25) is 14.4 Å². The summed E-state index contributed by atoms with van der Waals surface area (Å²) in [6.45, 7) is 1.88. The number of carbonyl (C=O) groups is 2. The summed E-state index contributed by atoms with van der Waals surface area (Å²) in [5, 5.41) is 2.92. The lowest BCUT2D eigenvalue weighted by atomic mass is 10.2. The molecule has 3 rings (SSSR count). The van der Waals surface area contributed by atoms with Crippen molar-refractivity contribution in [2.75, 3.05) is 11.9 Å². The third-order valence-corrected chi connectivity index (χ3v) is 4.87. The molecule has 8 heteroatoms. The molecule has 138 valence electrons. The molecular weight excluding hydrogens is 452 g/mol. The van der Waals surface area contributed by atoms with Crippen LogP contribution >= 0.6 is 22.6 Å². The lowest BCUT2D eigenvalue weighted by molar-refractivity contribution is 0.0271. The number of halogens is 2. The van der Waals surface area contributed by atoms with Crippen molar-refractivity contribution in [2.45, 2.75) is 19.8 Å². The van der Waals surface area contributed by atoms with Crippen LogP contribution in [-0.4, -0.2) is 22.9 Å². The third-order valence-electron chi connectivity index (χ3n) is 4.20. The summed E-state index contributed by atoms with van der Waals surface area (Å²) >= 11 is 2.02. The van der Waals surface area contributed by atoms with Crippen LogP contribution in [0.5, 0.6) is 0 Å². The topological polar surface area (TPSA) is 72.4 Å². The van der Waals surface area contributed by atoms with Crippen molar-refractivity contribution in [1.82, 2.24) is 10.0 Å². The van der Waals surface area contributed by atoms with Crippen molar-refractivity contribution in [3.05, 3.63) is 44.9 Å². The van der Waals surface area contributed by atoms with Gasteiger partial charge in [0.2, 0.25) is 0 Å². The number of carbonyl (C=O) groups excluding carboxylic acids is 2. The lowest BCUT2D eigenvalue weighted by Crippen LogP contribution is -2.25. The largest absolute Gasteiger partial charge is 0.339 e. The average Bonchev–Trinajstić information content (AvgIpc) is 3.33. The molecule has 2 aromatic rings. The van der Waals surface area contributed by atoms with Gasteiger partial charge in [-0.2, -0.15) is 0 Å². The first-order valence-electron chi connectivity index (χ1n) is 8.21. The molecule has 2 N–H and O–H groups in total. The minimum atomic E-state index is -0.484. The Morgan fingerprint density at radius 1 is 1.35 bits per heavy atom. The number of anilines is 2. The van der Waals surface area contributed by atoms with Gasteiger partial charge in [-0.25, -0.2) is 9.87 Å². The molecular formula is C18H19FIN3O3. The zero-order valence-corrected chi connectivity index (χ0v) is 16.6. The zero-order valence-electron chi connectivity index (χ0n) is 14.4. The Labute approximate surface area is 164 Å². The first-order chi connectivity index (χ1) is 12.4. The molecule has 26 heavy (non-hydrogen) atoms. The van der Waals surface area contributed by atoms with Gasteiger partial charge < -0.3 is 9.88 Å². The van der Waals surface area contributed by atoms with Gasteiger partial charge in [0.15, 0.2) is 5.78 Å². The van der Waals surface area contributed by atoms with E-state index in [4.69, 9.17) is 4.84 Å². The van der Waals surface area contributed by atoms with E-state index in [-0.39, 0.29) is 17.0 Å².